The third kappa shape index (κ3) is 4.35. The minimum Gasteiger partial charge on any atom is -0.445 e. The normalized spacial score (nSPS) is 20.8. The zero-order valence-corrected chi connectivity index (χ0v) is 16.3. The van der Waals surface area contributed by atoms with Crippen LogP contribution in [0.4, 0.5) is 4.79 Å². The summed E-state index contributed by atoms with van der Waals surface area (Å²) in [6.45, 7) is 7.93. The molecule has 3 amide bonds. The van der Waals surface area contributed by atoms with Crippen LogP contribution in [0.1, 0.15) is 24.9 Å². The molecule has 2 heterocycles. The Bertz CT molecular complexity index is 728. The van der Waals surface area contributed by atoms with Crippen molar-refractivity contribution in [3.05, 3.63) is 48.6 Å². The standard InChI is InChI=1S/C21H27N3O4/c1-3-13-28-21(27)23-11-9-22(10-12-23)20(26)18-14-19(25)24(15-18)16(2)17-7-5-4-6-8-17/h3-8,16,18H,1,9-15H2,2H3. The second kappa shape index (κ2) is 8.91. The number of carbonyl (C=O) groups is 3. The Labute approximate surface area is 165 Å². The van der Waals surface area contributed by atoms with E-state index in [-0.39, 0.29) is 42.9 Å². The quantitative estimate of drug-likeness (QED) is 0.728. The lowest BCUT2D eigenvalue weighted by Crippen LogP contribution is -2.52. The van der Waals surface area contributed by atoms with E-state index in [1.807, 2.05) is 37.3 Å². The Balaban J connectivity index is 1.54. The molecule has 0 N–H and O–H groups in total. The number of benzene rings is 1. The van der Waals surface area contributed by atoms with Gasteiger partial charge in [-0.3, -0.25) is 9.59 Å². The highest BCUT2D eigenvalue weighted by atomic mass is 16.6. The Morgan fingerprint density at radius 3 is 2.46 bits per heavy atom. The van der Waals surface area contributed by atoms with Gasteiger partial charge in [0.1, 0.15) is 6.61 Å². The SMILES string of the molecule is C=CCOC(=O)N1CCN(C(=O)C2CC(=O)N(C(C)c3ccccc3)C2)CC1. The summed E-state index contributed by atoms with van der Waals surface area (Å²) in [5.74, 6) is -0.311. The number of hydrogen-bond acceptors (Lipinski definition) is 4. The average Bonchev–Trinajstić information content (AvgIpc) is 3.13. The fraction of sp³-hybridized carbons (Fsp3) is 0.476. The van der Waals surface area contributed by atoms with E-state index in [9.17, 15) is 14.4 Å². The van der Waals surface area contributed by atoms with Crippen LogP contribution >= 0.6 is 0 Å². The van der Waals surface area contributed by atoms with Gasteiger partial charge in [0.15, 0.2) is 0 Å². The van der Waals surface area contributed by atoms with E-state index in [0.717, 1.165) is 5.56 Å². The van der Waals surface area contributed by atoms with Crippen LogP contribution in [0.3, 0.4) is 0 Å². The van der Waals surface area contributed by atoms with Crippen molar-refractivity contribution in [3.63, 3.8) is 0 Å². The Hall–Kier alpha value is -2.83. The van der Waals surface area contributed by atoms with Crippen LogP contribution in [0.15, 0.2) is 43.0 Å². The Morgan fingerprint density at radius 2 is 1.82 bits per heavy atom. The monoisotopic (exact) mass is 385 g/mol. The molecule has 0 bridgehead atoms. The number of piperazine rings is 1. The molecule has 2 aliphatic rings. The predicted molar refractivity (Wildman–Crippen MR) is 104 cm³/mol. The van der Waals surface area contributed by atoms with Crippen molar-refractivity contribution in [2.45, 2.75) is 19.4 Å². The lowest BCUT2D eigenvalue weighted by Gasteiger charge is -2.35. The second-order valence-electron chi connectivity index (χ2n) is 7.21. The fourth-order valence-electron chi connectivity index (χ4n) is 3.77. The Morgan fingerprint density at radius 1 is 1.18 bits per heavy atom. The fourth-order valence-corrected chi connectivity index (χ4v) is 3.77. The maximum absolute atomic E-state index is 12.9. The van der Waals surface area contributed by atoms with Gasteiger partial charge in [-0.15, -0.1) is 0 Å². The van der Waals surface area contributed by atoms with Gasteiger partial charge in [-0.1, -0.05) is 43.0 Å². The molecule has 0 spiro atoms. The van der Waals surface area contributed by atoms with Crippen molar-refractivity contribution < 1.29 is 19.1 Å². The third-order valence-corrected chi connectivity index (χ3v) is 5.43. The first-order valence-corrected chi connectivity index (χ1v) is 9.67. The van der Waals surface area contributed by atoms with Crippen molar-refractivity contribution in [1.82, 2.24) is 14.7 Å². The lowest BCUT2D eigenvalue weighted by atomic mass is 10.1. The number of rotatable bonds is 5. The van der Waals surface area contributed by atoms with Crippen molar-refractivity contribution in [1.29, 1.82) is 0 Å². The van der Waals surface area contributed by atoms with Gasteiger partial charge in [0.2, 0.25) is 11.8 Å². The number of carbonyl (C=O) groups excluding carboxylic acids is 3. The van der Waals surface area contributed by atoms with E-state index < -0.39 is 0 Å². The highest BCUT2D eigenvalue weighted by Gasteiger charge is 2.39. The van der Waals surface area contributed by atoms with E-state index in [0.29, 0.717) is 32.7 Å². The first-order valence-electron chi connectivity index (χ1n) is 9.67. The smallest absolute Gasteiger partial charge is 0.410 e. The lowest BCUT2D eigenvalue weighted by molar-refractivity contribution is -0.137. The molecule has 150 valence electrons. The molecule has 2 fully saturated rings. The number of amides is 3. The van der Waals surface area contributed by atoms with Gasteiger partial charge in [0.25, 0.3) is 0 Å². The molecule has 7 nitrogen and oxygen atoms in total. The molecule has 0 aromatic heterocycles. The summed E-state index contributed by atoms with van der Waals surface area (Å²) >= 11 is 0. The first kappa shape index (κ1) is 19.9. The van der Waals surface area contributed by atoms with Gasteiger partial charge in [-0.2, -0.15) is 0 Å². The number of ether oxygens (including phenoxy) is 1. The van der Waals surface area contributed by atoms with Crippen molar-refractivity contribution in [3.8, 4) is 0 Å². The van der Waals surface area contributed by atoms with Crippen LogP contribution in [0, 0.1) is 5.92 Å². The molecule has 0 aliphatic carbocycles. The summed E-state index contributed by atoms with van der Waals surface area (Å²) in [5.41, 5.74) is 1.07. The molecule has 0 saturated carbocycles. The van der Waals surface area contributed by atoms with E-state index >= 15 is 0 Å². The molecule has 28 heavy (non-hydrogen) atoms. The van der Waals surface area contributed by atoms with Crippen molar-refractivity contribution >= 4 is 17.9 Å². The molecule has 1 aromatic carbocycles. The molecule has 7 heteroatoms. The molecule has 2 unspecified atom stereocenters. The topological polar surface area (TPSA) is 70.2 Å². The minimum atomic E-state index is -0.383. The van der Waals surface area contributed by atoms with Crippen molar-refractivity contribution in [2.24, 2.45) is 5.92 Å². The van der Waals surface area contributed by atoms with E-state index in [1.165, 1.54) is 6.08 Å². The largest absolute Gasteiger partial charge is 0.445 e. The third-order valence-electron chi connectivity index (χ3n) is 5.43. The zero-order valence-electron chi connectivity index (χ0n) is 16.3. The van der Waals surface area contributed by atoms with Crippen LogP contribution in [0.5, 0.6) is 0 Å². The minimum absolute atomic E-state index is 0.00443. The molecule has 0 radical (unpaired) electrons. The van der Waals surface area contributed by atoms with Crippen LogP contribution < -0.4 is 0 Å². The van der Waals surface area contributed by atoms with E-state index in [4.69, 9.17) is 4.74 Å². The number of hydrogen-bond donors (Lipinski definition) is 0. The summed E-state index contributed by atoms with van der Waals surface area (Å²) in [7, 11) is 0. The molecule has 2 saturated heterocycles. The summed E-state index contributed by atoms with van der Waals surface area (Å²) in [4.78, 5) is 42.4. The second-order valence-corrected chi connectivity index (χ2v) is 7.21. The molecule has 2 aliphatic heterocycles. The molecule has 2 atom stereocenters. The summed E-state index contributed by atoms with van der Waals surface area (Å²) in [5, 5.41) is 0. The van der Waals surface area contributed by atoms with Gasteiger partial charge >= 0.3 is 6.09 Å². The van der Waals surface area contributed by atoms with Gasteiger partial charge in [-0.25, -0.2) is 4.79 Å². The molecular weight excluding hydrogens is 358 g/mol. The van der Waals surface area contributed by atoms with Crippen LogP contribution in [0.2, 0.25) is 0 Å². The van der Waals surface area contributed by atoms with E-state index in [2.05, 4.69) is 6.58 Å². The average molecular weight is 385 g/mol. The highest BCUT2D eigenvalue weighted by Crippen LogP contribution is 2.29. The van der Waals surface area contributed by atoms with Crippen molar-refractivity contribution in [2.75, 3.05) is 39.3 Å². The number of likely N-dealkylation sites (tertiary alicyclic amines) is 1. The maximum atomic E-state index is 12.9. The molecule has 3 rings (SSSR count). The summed E-state index contributed by atoms with van der Waals surface area (Å²) in [6, 6.07) is 9.79. The van der Waals surface area contributed by atoms with Gasteiger partial charge in [0.05, 0.1) is 12.0 Å². The van der Waals surface area contributed by atoms with E-state index in [1.54, 1.807) is 14.7 Å². The molecule has 1 aromatic rings. The zero-order chi connectivity index (χ0) is 20.1. The van der Waals surface area contributed by atoms with Gasteiger partial charge < -0.3 is 19.4 Å². The highest BCUT2D eigenvalue weighted by molar-refractivity contribution is 5.89. The van der Waals surface area contributed by atoms with Crippen LogP contribution in [-0.4, -0.2) is 71.9 Å². The first-order chi connectivity index (χ1) is 13.5. The summed E-state index contributed by atoms with van der Waals surface area (Å²) in [6.07, 6.45) is 1.39. The Kier molecular flexibility index (Phi) is 6.34. The summed E-state index contributed by atoms with van der Waals surface area (Å²) < 4.78 is 5.04. The number of nitrogens with zero attached hydrogens (tertiary/aromatic N) is 3. The molecular formula is C21H27N3O4. The predicted octanol–water partition coefficient (Wildman–Crippen LogP) is 2.06. The van der Waals surface area contributed by atoms with Gasteiger partial charge in [0, 0.05) is 39.1 Å². The van der Waals surface area contributed by atoms with Gasteiger partial charge in [-0.05, 0) is 12.5 Å². The van der Waals surface area contributed by atoms with Crippen LogP contribution in [-0.2, 0) is 14.3 Å². The maximum Gasteiger partial charge on any atom is 0.410 e. The van der Waals surface area contributed by atoms with Crippen LogP contribution in [0.25, 0.3) is 0 Å².